The summed E-state index contributed by atoms with van der Waals surface area (Å²) in [6.07, 6.45) is 20.1. The first kappa shape index (κ1) is 41.8. The van der Waals surface area contributed by atoms with Gasteiger partial charge in [-0.25, -0.2) is 0 Å². The zero-order valence-corrected chi connectivity index (χ0v) is 38.9. The summed E-state index contributed by atoms with van der Waals surface area (Å²) in [5.74, 6) is 1.36. The number of nitrogens with zero attached hydrogens (tertiary/aromatic N) is 2. The van der Waals surface area contributed by atoms with Gasteiger partial charge in [-0.05, 0) is 180 Å². The Morgan fingerprint density at radius 3 is 1.38 bits per heavy atom. The lowest BCUT2D eigenvalue weighted by atomic mass is 9.82. The third-order valence-electron chi connectivity index (χ3n) is 15.9. The van der Waals surface area contributed by atoms with Crippen LogP contribution in [0.2, 0.25) is 0 Å². The molecule has 2 saturated carbocycles. The van der Waals surface area contributed by atoms with Crippen molar-refractivity contribution in [3.63, 3.8) is 0 Å². The van der Waals surface area contributed by atoms with Crippen LogP contribution < -0.4 is 9.80 Å². The highest BCUT2D eigenvalue weighted by Crippen LogP contribution is 2.51. The Morgan fingerprint density at radius 1 is 0.369 bits per heavy atom. The summed E-state index contributed by atoms with van der Waals surface area (Å²) in [4.78, 5) is 5.13. The standard InChI is InChI=1S/C63H66N2/c1-63(2)59-23-15-14-22-57(59)58-41-40-56(44-60(58)63)65(55-38-34-50(35-39-55)47-16-8-4-3-5-9-17-47)62-43-46-25-29-51-28-24-45(26-30-52(62)31-27-46)42-61(51)64(53-20-12-7-13-21-53)54-36-32-49(33-37-54)48-18-10-6-11-19-48/h7,12-15,20-24,27-28,31-44,47-48H,3-6,8-11,16-19,25-26,29-30H2,1-2H3. The molecule has 0 spiro atoms. The Labute approximate surface area is 389 Å². The maximum absolute atomic E-state index is 2.60. The molecule has 2 fully saturated rings. The molecule has 0 unspecified atom stereocenters. The van der Waals surface area contributed by atoms with Crippen LogP contribution in [-0.4, -0.2) is 0 Å². The normalized spacial score (nSPS) is 17.3. The van der Waals surface area contributed by atoms with Gasteiger partial charge in [-0.3, -0.25) is 0 Å². The molecule has 65 heavy (non-hydrogen) atoms. The molecule has 14 rings (SSSR count). The molecule has 0 radical (unpaired) electrons. The Hall–Kier alpha value is -5.86. The highest BCUT2D eigenvalue weighted by atomic mass is 15.2. The predicted octanol–water partition coefficient (Wildman–Crippen LogP) is 17.7. The molecule has 7 aromatic carbocycles. The van der Waals surface area contributed by atoms with E-state index in [4.69, 9.17) is 0 Å². The third-order valence-corrected chi connectivity index (χ3v) is 15.9. The molecule has 2 nitrogen and oxygen atoms in total. The molecule has 2 heteroatoms. The van der Waals surface area contributed by atoms with Crippen molar-refractivity contribution in [1.82, 2.24) is 0 Å². The van der Waals surface area contributed by atoms with Gasteiger partial charge in [0.1, 0.15) is 0 Å². The van der Waals surface area contributed by atoms with Crippen LogP contribution >= 0.6 is 0 Å². The Kier molecular flexibility index (Phi) is 11.7. The maximum Gasteiger partial charge on any atom is 0.0496 e. The monoisotopic (exact) mass is 851 g/mol. The van der Waals surface area contributed by atoms with Crippen molar-refractivity contribution >= 4 is 34.1 Å². The lowest BCUT2D eigenvalue weighted by Crippen LogP contribution is -2.18. The van der Waals surface area contributed by atoms with Crippen LogP contribution in [0, 0.1) is 0 Å². The van der Waals surface area contributed by atoms with E-state index >= 15 is 0 Å². The summed E-state index contributed by atoms with van der Waals surface area (Å²) in [5, 5.41) is 0. The minimum atomic E-state index is -0.0775. The number of fused-ring (bicyclic) bond motifs is 3. The third kappa shape index (κ3) is 8.35. The molecule has 0 heterocycles. The molecule has 7 aliphatic carbocycles. The zero-order chi connectivity index (χ0) is 43.7. The van der Waals surface area contributed by atoms with Crippen LogP contribution in [0.1, 0.15) is 147 Å². The smallest absolute Gasteiger partial charge is 0.0496 e. The van der Waals surface area contributed by atoms with Gasteiger partial charge in [-0.2, -0.15) is 0 Å². The van der Waals surface area contributed by atoms with Crippen molar-refractivity contribution in [2.24, 2.45) is 0 Å². The van der Waals surface area contributed by atoms with Crippen molar-refractivity contribution in [3.8, 4) is 11.1 Å². The molecule has 0 N–H and O–H groups in total. The van der Waals surface area contributed by atoms with E-state index in [1.54, 1.807) is 0 Å². The number of hydrogen-bond acceptors (Lipinski definition) is 2. The van der Waals surface area contributed by atoms with Crippen LogP contribution in [0.5, 0.6) is 0 Å². The molecule has 0 saturated heterocycles. The largest absolute Gasteiger partial charge is 0.310 e. The van der Waals surface area contributed by atoms with Crippen molar-refractivity contribution in [3.05, 3.63) is 202 Å². The number of anilines is 6. The summed E-state index contributed by atoms with van der Waals surface area (Å²) in [7, 11) is 0. The van der Waals surface area contributed by atoms with Crippen LogP contribution in [0.4, 0.5) is 34.1 Å². The summed E-state index contributed by atoms with van der Waals surface area (Å²) in [5.41, 5.74) is 21.6. The van der Waals surface area contributed by atoms with Gasteiger partial charge in [0.15, 0.2) is 0 Å². The minimum absolute atomic E-state index is 0.0775. The van der Waals surface area contributed by atoms with Gasteiger partial charge < -0.3 is 9.80 Å². The van der Waals surface area contributed by atoms with E-state index in [9.17, 15) is 0 Å². The van der Waals surface area contributed by atoms with E-state index in [2.05, 4.69) is 181 Å². The second-order valence-electron chi connectivity index (χ2n) is 20.4. The number of rotatable bonds is 8. The van der Waals surface area contributed by atoms with Crippen LogP contribution in [0.25, 0.3) is 11.1 Å². The summed E-state index contributed by atoms with van der Waals surface area (Å²) < 4.78 is 0. The lowest BCUT2D eigenvalue weighted by Gasteiger charge is -2.31. The molecule has 7 aromatic rings. The van der Waals surface area contributed by atoms with Crippen molar-refractivity contribution in [2.75, 3.05) is 9.80 Å². The van der Waals surface area contributed by atoms with Crippen LogP contribution in [-0.2, 0) is 31.1 Å². The fraction of sp³-hybridized carbons (Fsp3) is 0.333. The summed E-state index contributed by atoms with van der Waals surface area (Å²) >= 11 is 0. The maximum atomic E-state index is 2.60. The molecule has 0 aliphatic heterocycles. The SMILES string of the molecule is CC1(C)c2ccccc2-c2ccc(N(c3ccc(C4CCCCCCC4)cc3)c3cc4ccc3CCc3ccc(c(N(c5ccccc5)c5ccc(C6CCCCC6)cc5)c3)CC4)cc21. The first-order valence-electron chi connectivity index (χ1n) is 25.3. The molecule has 0 atom stereocenters. The topological polar surface area (TPSA) is 6.48 Å². The molecular weight excluding hydrogens is 785 g/mol. The second kappa shape index (κ2) is 18.2. The zero-order valence-electron chi connectivity index (χ0n) is 38.9. The lowest BCUT2D eigenvalue weighted by molar-refractivity contribution is 0.443. The summed E-state index contributed by atoms with van der Waals surface area (Å²) in [6.45, 7) is 4.82. The fourth-order valence-corrected chi connectivity index (χ4v) is 12.2. The average Bonchev–Trinajstić information content (AvgIpc) is 3.56. The van der Waals surface area contributed by atoms with Gasteiger partial charge in [0.05, 0.1) is 0 Å². The van der Waals surface area contributed by atoms with Gasteiger partial charge >= 0.3 is 0 Å². The number of hydrogen-bond donors (Lipinski definition) is 0. The highest BCUT2D eigenvalue weighted by molar-refractivity contribution is 5.86. The van der Waals surface area contributed by atoms with Gasteiger partial charge in [0.2, 0.25) is 0 Å². The molecule has 7 aliphatic rings. The average molecular weight is 851 g/mol. The second-order valence-corrected chi connectivity index (χ2v) is 20.4. The van der Waals surface area contributed by atoms with Crippen molar-refractivity contribution < 1.29 is 0 Å². The number of benzene rings is 7. The van der Waals surface area contributed by atoms with Crippen LogP contribution in [0.15, 0.2) is 158 Å². The van der Waals surface area contributed by atoms with Gasteiger partial charge in [-0.1, -0.05) is 162 Å². The van der Waals surface area contributed by atoms with Crippen molar-refractivity contribution in [1.29, 1.82) is 0 Å². The molecule has 328 valence electrons. The first-order valence-corrected chi connectivity index (χ1v) is 25.3. The number of aryl methyl sites for hydroxylation is 4. The van der Waals surface area contributed by atoms with E-state index < -0.39 is 0 Å². The quantitative estimate of drug-likeness (QED) is 0.150. The van der Waals surface area contributed by atoms with E-state index in [1.807, 2.05) is 0 Å². The molecule has 4 bridgehead atoms. The van der Waals surface area contributed by atoms with E-state index in [1.165, 1.54) is 167 Å². The minimum Gasteiger partial charge on any atom is -0.310 e. The number of para-hydroxylation sites is 1. The predicted molar refractivity (Wildman–Crippen MR) is 276 cm³/mol. The van der Waals surface area contributed by atoms with Crippen LogP contribution in [0.3, 0.4) is 0 Å². The molecule has 0 amide bonds. The Balaban J connectivity index is 0.971. The van der Waals surface area contributed by atoms with Crippen molar-refractivity contribution in [2.45, 2.75) is 134 Å². The van der Waals surface area contributed by atoms with Gasteiger partial charge in [0.25, 0.3) is 0 Å². The van der Waals surface area contributed by atoms with Gasteiger partial charge in [0, 0.05) is 39.5 Å². The molecular formula is C63H66N2. The molecule has 0 aromatic heterocycles. The summed E-state index contributed by atoms with van der Waals surface area (Å²) in [6, 6.07) is 61.6. The van der Waals surface area contributed by atoms with E-state index in [0.29, 0.717) is 11.8 Å². The van der Waals surface area contributed by atoms with E-state index in [0.717, 1.165) is 25.7 Å². The van der Waals surface area contributed by atoms with Gasteiger partial charge in [-0.15, -0.1) is 0 Å². The Morgan fingerprint density at radius 2 is 0.815 bits per heavy atom. The first-order chi connectivity index (χ1) is 32.0. The fourth-order valence-electron chi connectivity index (χ4n) is 12.2. The highest BCUT2D eigenvalue weighted by Gasteiger charge is 2.36. The van der Waals surface area contributed by atoms with E-state index in [-0.39, 0.29) is 5.41 Å². The Bertz CT molecular complexity index is 2750.